The molecule has 0 aliphatic rings. The number of para-hydroxylation sites is 2. The lowest BCUT2D eigenvalue weighted by molar-refractivity contribution is 0.467. The molecule has 0 saturated carbocycles. The number of furan rings is 1. The Morgan fingerprint density at radius 3 is 2.70 bits per heavy atom. The number of rotatable bonds is 4. The van der Waals surface area contributed by atoms with E-state index in [4.69, 9.17) is 9.40 Å². The molecule has 0 unspecified atom stereocenters. The van der Waals surface area contributed by atoms with Crippen LogP contribution in [0.3, 0.4) is 0 Å². The number of hydrogen-bond acceptors (Lipinski definition) is 6. The van der Waals surface area contributed by atoms with E-state index in [2.05, 4.69) is 31.0 Å². The SMILES string of the molecule is CC(C)(C)c1nc2ccc(Br)cc2c(=O)n1N=Cc1ccc(Sc2nc3ccccc3[nH]2)o1. The van der Waals surface area contributed by atoms with Crippen molar-refractivity contribution >= 4 is 55.8 Å². The maximum Gasteiger partial charge on any atom is 0.282 e. The fourth-order valence-electron chi connectivity index (χ4n) is 3.39. The van der Waals surface area contributed by atoms with Crippen LogP contribution in [-0.2, 0) is 5.41 Å². The van der Waals surface area contributed by atoms with E-state index < -0.39 is 0 Å². The Morgan fingerprint density at radius 1 is 1.09 bits per heavy atom. The third-order valence-electron chi connectivity index (χ3n) is 4.95. The van der Waals surface area contributed by atoms with E-state index in [9.17, 15) is 4.79 Å². The Hall–Kier alpha value is -3.17. The van der Waals surface area contributed by atoms with Gasteiger partial charge in [0.2, 0.25) is 0 Å². The van der Waals surface area contributed by atoms with Crippen LogP contribution in [-0.4, -0.2) is 25.8 Å². The molecule has 0 fully saturated rings. The van der Waals surface area contributed by atoms with Crippen LogP contribution >= 0.6 is 27.7 Å². The molecule has 0 aliphatic carbocycles. The van der Waals surface area contributed by atoms with Gasteiger partial charge in [0, 0.05) is 9.89 Å². The zero-order valence-corrected chi connectivity index (χ0v) is 20.6. The van der Waals surface area contributed by atoms with Crippen LogP contribution in [0.15, 0.2) is 83.6 Å². The van der Waals surface area contributed by atoms with Gasteiger partial charge in [-0.25, -0.2) is 9.97 Å². The molecular formula is C24H20BrN5O2S. The summed E-state index contributed by atoms with van der Waals surface area (Å²) in [5.41, 5.74) is 1.90. The first-order valence-electron chi connectivity index (χ1n) is 10.3. The molecule has 3 heterocycles. The van der Waals surface area contributed by atoms with E-state index in [1.165, 1.54) is 22.7 Å². The number of fused-ring (bicyclic) bond motifs is 2. The number of nitrogens with one attached hydrogen (secondary N) is 1. The van der Waals surface area contributed by atoms with Gasteiger partial charge in [-0.15, -0.1) is 0 Å². The average molecular weight is 522 g/mol. The molecule has 0 radical (unpaired) electrons. The zero-order chi connectivity index (χ0) is 23.2. The lowest BCUT2D eigenvalue weighted by Gasteiger charge is -2.20. The lowest BCUT2D eigenvalue weighted by Crippen LogP contribution is -2.29. The summed E-state index contributed by atoms with van der Waals surface area (Å²) in [7, 11) is 0. The quantitative estimate of drug-likeness (QED) is 0.294. The third kappa shape index (κ3) is 4.38. The topological polar surface area (TPSA) is 89.1 Å². The van der Waals surface area contributed by atoms with Gasteiger partial charge >= 0.3 is 0 Å². The first kappa shape index (κ1) is 21.7. The lowest BCUT2D eigenvalue weighted by atomic mass is 9.95. The van der Waals surface area contributed by atoms with Gasteiger partial charge in [0.15, 0.2) is 10.2 Å². The molecule has 5 aromatic rings. The molecule has 9 heteroatoms. The van der Waals surface area contributed by atoms with Gasteiger partial charge in [0.1, 0.15) is 11.6 Å². The second kappa shape index (κ2) is 8.31. The van der Waals surface area contributed by atoms with Crippen LogP contribution in [0.5, 0.6) is 0 Å². The van der Waals surface area contributed by atoms with Crippen molar-refractivity contribution in [1.29, 1.82) is 0 Å². The van der Waals surface area contributed by atoms with E-state index in [1.807, 2.05) is 63.2 Å². The number of halogens is 1. The van der Waals surface area contributed by atoms with Crippen LogP contribution in [0, 0.1) is 0 Å². The maximum absolute atomic E-state index is 13.2. The minimum absolute atomic E-state index is 0.231. The minimum atomic E-state index is -0.386. The average Bonchev–Trinajstić information content (AvgIpc) is 3.39. The molecule has 0 atom stereocenters. The van der Waals surface area contributed by atoms with E-state index in [1.54, 1.807) is 12.1 Å². The largest absolute Gasteiger partial charge is 0.448 e. The number of H-pyrrole nitrogens is 1. The predicted octanol–water partition coefficient (Wildman–Crippen LogP) is 5.96. The molecule has 1 N–H and O–H groups in total. The Balaban J connectivity index is 1.48. The monoisotopic (exact) mass is 521 g/mol. The first-order valence-corrected chi connectivity index (χ1v) is 11.9. The van der Waals surface area contributed by atoms with Gasteiger partial charge in [-0.3, -0.25) is 4.79 Å². The van der Waals surface area contributed by atoms with Crippen molar-refractivity contribution in [3.63, 3.8) is 0 Å². The highest BCUT2D eigenvalue weighted by atomic mass is 79.9. The molecule has 166 valence electrons. The van der Waals surface area contributed by atoms with Crippen LogP contribution in [0.2, 0.25) is 0 Å². The molecule has 33 heavy (non-hydrogen) atoms. The standard InChI is InChI=1S/C24H20BrN5O2S/c1-24(2,3)22-27-17-10-8-14(25)12-16(17)21(31)30(22)26-13-15-9-11-20(32-15)33-23-28-18-6-4-5-7-19(18)29-23/h4-13H,1-3H3,(H,28,29). The molecule has 0 amide bonds. The highest BCUT2D eigenvalue weighted by Crippen LogP contribution is 2.28. The Kier molecular flexibility index (Phi) is 5.46. The fraction of sp³-hybridized carbons (Fsp3) is 0.167. The van der Waals surface area contributed by atoms with Gasteiger partial charge < -0.3 is 9.40 Å². The van der Waals surface area contributed by atoms with E-state index in [0.29, 0.717) is 27.6 Å². The smallest absolute Gasteiger partial charge is 0.282 e. The number of imidazole rings is 1. The zero-order valence-electron chi connectivity index (χ0n) is 18.2. The molecular weight excluding hydrogens is 502 g/mol. The maximum atomic E-state index is 13.2. The van der Waals surface area contributed by atoms with Crippen molar-refractivity contribution in [1.82, 2.24) is 19.6 Å². The Morgan fingerprint density at radius 2 is 1.91 bits per heavy atom. The Labute approximate surface area is 202 Å². The van der Waals surface area contributed by atoms with Crippen molar-refractivity contribution < 1.29 is 4.42 Å². The van der Waals surface area contributed by atoms with Crippen molar-refractivity contribution in [3.8, 4) is 0 Å². The van der Waals surface area contributed by atoms with Crippen molar-refractivity contribution in [3.05, 3.63) is 81.0 Å². The summed E-state index contributed by atoms with van der Waals surface area (Å²) >= 11 is 4.82. The number of aromatic amines is 1. The normalized spacial score (nSPS) is 12.4. The summed E-state index contributed by atoms with van der Waals surface area (Å²) in [5, 5.41) is 6.35. The van der Waals surface area contributed by atoms with E-state index >= 15 is 0 Å². The molecule has 2 aromatic carbocycles. The summed E-state index contributed by atoms with van der Waals surface area (Å²) < 4.78 is 8.05. The molecule has 0 aliphatic heterocycles. The minimum Gasteiger partial charge on any atom is -0.448 e. The second-order valence-corrected chi connectivity index (χ2v) is 10.4. The number of hydrogen-bond donors (Lipinski definition) is 1. The van der Waals surface area contributed by atoms with Crippen LogP contribution < -0.4 is 5.56 Å². The van der Waals surface area contributed by atoms with Gasteiger partial charge in [-0.05, 0) is 54.2 Å². The van der Waals surface area contributed by atoms with Crippen molar-refractivity contribution in [2.75, 3.05) is 0 Å². The molecule has 5 rings (SSSR count). The number of nitrogens with zero attached hydrogens (tertiary/aromatic N) is 4. The molecule has 0 spiro atoms. The van der Waals surface area contributed by atoms with Gasteiger partial charge in [-0.1, -0.05) is 48.8 Å². The van der Waals surface area contributed by atoms with Gasteiger partial charge in [0.05, 0.1) is 28.2 Å². The predicted molar refractivity (Wildman–Crippen MR) is 134 cm³/mol. The van der Waals surface area contributed by atoms with E-state index in [-0.39, 0.29) is 11.0 Å². The molecule has 7 nitrogen and oxygen atoms in total. The third-order valence-corrected chi connectivity index (χ3v) is 6.25. The molecule has 0 bridgehead atoms. The van der Waals surface area contributed by atoms with Gasteiger partial charge in [-0.2, -0.15) is 9.78 Å². The highest BCUT2D eigenvalue weighted by Gasteiger charge is 2.23. The Bertz CT molecular complexity index is 1540. The number of benzene rings is 2. The second-order valence-electron chi connectivity index (χ2n) is 8.53. The molecule has 3 aromatic heterocycles. The van der Waals surface area contributed by atoms with Gasteiger partial charge in [0.25, 0.3) is 5.56 Å². The van der Waals surface area contributed by atoms with Crippen LogP contribution in [0.4, 0.5) is 0 Å². The molecule has 0 saturated heterocycles. The van der Waals surface area contributed by atoms with Crippen LogP contribution in [0.25, 0.3) is 21.9 Å². The summed E-state index contributed by atoms with van der Waals surface area (Å²) in [6.07, 6.45) is 1.53. The van der Waals surface area contributed by atoms with Crippen molar-refractivity contribution in [2.24, 2.45) is 5.10 Å². The van der Waals surface area contributed by atoms with Crippen LogP contribution in [0.1, 0.15) is 32.4 Å². The summed E-state index contributed by atoms with van der Waals surface area (Å²) in [6.45, 7) is 6.00. The first-order chi connectivity index (χ1) is 15.8. The summed E-state index contributed by atoms with van der Waals surface area (Å²) in [4.78, 5) is 25.8. The van der Waals surface area contributed by atoms with E-state index in [0.717, 1.165) is 20.7 Å². The highest BCUT2D eigenvalue weighted by molar-refractivity contribution is 9.10. The summed E-state index contributed by atoms with van der Waals surface area (Å²) in [5.74, 6) is 1.09. The fourth-order valence-corrected chi connectivity index (χ4v) is 4.52. The number of aromatic nitrogens is 4. The van der Waals surface area contributed by atoms with Crippen molar-refractivity contribution in [2.45, 2.75) is 36.4 Å². The summed E-state index contributed by atoms with van der Waals surface area (Å²) in [6, 6.07) is 17.0.